The van der Waals surface area contributed by atoms with Gasteiger partial charge in [-0.15, -0.1) is 0 Å². The van der Waals surface area contributed by atoms with Crippen molar-refractivity contribution in [2.24, 2.45) is 9.98 Å². The summed E-state index contributed by atoms with van der Waals surface area (Å²) in [6, 6.07) is 13.9. The predicted octanol–water partition coefficient (Wildman–Crippen LogP) is 15.2. The lowest BCUT2D eigenvalue weighted by Crippen LogP contribution is -2.07. The second-order valence-corrected chi connectivity index (χ2v) is 14.4. The Morgan fingerprint density at radius 1 is 0.438 bits per heavy atom. The summed E-state index contributed by atoms with van der Waals surface area (Å²) < 4.78 is 0. The molecule has 0 bridgehead atoms. The zero-order chi connectivity index (χ0) is 34.7. The van der Waals surface area contributed by atoms with Gasteiger partial charge < -0.3 is 0 Å². The summed E-state index contributed by atoms with van der Waals surface area (Å²) in [7, 11) is 0. The topological polar surface area (TPSA) is 24.7 Å². The molecular formula is C46H74N2. The summed E-state index contributed by atoms with van der Waals surface area (Å²) in [5.41, 5.74) is 9.71. The van der Waals surface area contributed by atoms with E-state index in [0.717, 1.165) is 80.6 Å². The third-order valence-electron chi connectivity index (χ3n) is 9.40. The third kappa shape index (κ3) is 18.9. The van der Waals surface area contributed by atoms with E-state index in [1.165, 1.54) is 119 Å². The van der Waals surface area contributed by atoms with Gasteiger partial charge in [0, 0.05) is 0 Å². The van der Waals surface area contributed by atoms with E-state index in [1.54, 1.807) is 0 Å². The van der Waals surface area contributed by atoms with E-state index in [2.05, 4.69) is 90.1 Å². The average Bonchev–Trinajstić information content (AvgIpc) is 3.06. The van der Waals surface area contributed by atoms with Crippen molar-refractivity contribution in [2.75, 3.05) is 0 Å². The van der Waals surface area contributed by atoms with E-state index in [-0.39, 0.29) is 0 Å². The first-order valence-electron chi connectivity index (χ1n) is 20.6. The minimum atomic E-state index is 0.991. The molecule has 0 radical (unpaired) electrons. The average molecular weight is 655 g/mol. The van der Waals surface area contributed by atoms with Gasteiger partial charge in [-0.25, -0.2) is 4.99 Å². The molecule has 0 saturated carbocycles. The standard InChI is InChI=1S/C46H74N2/c1-7-12-13-14-15-16-17-18-19-20-21-22-23-24-25-26-27-32-46(48-45-37-42(30-10-4)34-43(38-45)31-11-5)39(6)47-44-35-40(28-8-2)33-41(36-44)29-9-3/h27,32-38H,7-26,28-31H2,1-6H3. The van der Waals surface area contributed by atoms with Crippen LogP contribution in [0.4, 0.5) is 11.4 Å². The van der Waals surface area contributed by atoms with Crippen molar-refractivity contribution < 1.29 is 0 Å². The van der Waals surface area contributed by atoms with Gasteiger partial charge in [0.2, 0.25) is 0 Å². The summed E-state index contributed by atoms with van der Waals surface area (Å²) >= 11 is 0. The molecule has 48 heavy (non-hydrogen) atoms. The van der Waals surface area contributed by atoms with Crippen LogP contribution in [-0.4, -0.2) is 11.4 Å². The maximum atomic E-state index is 5.27. The van der Waals surface area contributed by atoms with Crippen LogP contribution in [0.1, 0.15) is 192 Å². The lowest BCUT2D eigenvalue weighted by molar-refractivity contribution is 0.533. The number of unbranched alkanes of at least 4 members (excludes halogenated alkanes) is 15. The highest BCUT2D eigenvalue weighted by molar-refractivity contribution is 6.46. The van der Waals surface area contributed by atoms with Crippen LogP contribution in [0.3, 0.4) is 0 Å². The summed E-state index contributed by atoms with van der Waals surface area (Å²) in [6.07, 6.45) is 35.8. The number of hydrogen-bond donors (Lipinski definition) is 0. The van der Waals surface area contributed by atoms with Crippen LogP contribution in [0.15, 0.2) is 58.5 Å². The molecule has 2 aromatic carbocycles. The molecule has 2 heteroatoms. The fraction of sp³-hybridized carbons (Fsp3) is 0.652. The van der Waals surface area contributed by atoms with Gasteiger partial charge in [0.25, 0.3) is 0 Å². The zero-order valence-electron chi connectivity index (χ0n) is 32.5. The molecule has 0 fully saturated rings. The molecule has 0 aromatic heterocycles. The van der Waals surface area contributed by atoms with Gasteiger partial charge in [-0.2, -0.15) is 0 Å². The Morgan fingerprint density at radius 2 is 0.792 bits per heavy atom. The summed E-state index contributed by atoms with van der Waals surface area (Å²) in [5, 5.41) is 0. The van der Waals surface area contributed by atoms with E-state index in [9.17, 15) is 0 Å². The van der Waals surface area contributed by atoms with Crippen molar-refractivity contribution in [1.29, 1.82) is 0 Å². The minimum Gasteiger partial charge on any atom is -0.251 e. The molecule has 0 aliphatic carbocycles. The van der Waals surface area contributed by atoms with E-state index < -0.39 is 0 Å². The van der Waals surface area contributed by atoms with Crippen LogP contribution in [0, 0.1) is 0 Å². The normalized spacial score (nSPS) is 12.5. The Hall–Kier alpha value is -2.48. The number of rotatable bonds is 28. The van der Waals surface area contributed by atoms with Crippen LogP contribution in [0.25, 0.3) is 0 Å². The Kier molecular flexibility index (Phi) is 23.8. The van der Waals surface area contributed by atoms with Gasteiger partial charge in [-0.05, 0) is 98.0 Å². The van der Waals surface area contributed by atoms with Gasteiger partial charge in [-0.1, -0.05) is 168 Å². The number of hydrogen-bond acceptors (Lipinski definition) is 2. The van der Waals surface area contributed by atoms with Gasteiger partial charge in [-0.3, -0.25) is 4.99 Å². The zero-order valence-corrected chi connectivity index (χ0v) is 32.5. The lowest BCUT2D eigenvalue weighted by atomic mass is 10.0. The molecule has 0 unspecified atom stereocenters. The van der Waals surface area contributed by atoms with E-state index >= 15 is 0 Å². The highest BCUT2D eigenvalue weighted by Crippen LogP contribution is 2.24. The van der Waals surface area contributed by atoms with Gasteiger partial charge in [0.05, 0.1) is 22.8 Å². The van der Waals surface area contributed by atoms with E-state index in [1.807, 2.05) is 0 Å². The molecule has 2 nitrogen and oxygen atoms in total. The SMILES string of the molecule is CCCCCCCCCCCCCCCCCC=CC(=Nc1cc(CCC)cc(CCC)c1)C(C)=Nc1cc(CCC)cc(CCC)c1. The first-order chi connectivity index (χ1) is 23.5. The first-order valence-corrected chi connectivity index (χ1v) is 20.6. The third-order valence-corrected chi connectivity index (χ3v) is 9.40. The van der Waals surface area contributed by atoms with Crippen LogP contribution in [0.2, 0.25) is 0 Å². The summed E-state index contributed by atoms with van der Waals surface area (Å²) in [4.78, 5) is 10.5. The van der Waals surface area contributed by atoms with Crippen LogP contribution < -0.4 is 0 Å². The Balaban J connectivity index is 2.01. The van der Waals surface area contributed by atoms with E-state index in [0.29, 0.717) is 0 Å². The van der Waals surface area contributed by atoms with Crippen molar-refractivity contribution in [3.8, 4) is 0 Å². The van der Waals surface area contributed by atoms with Gasteiger partial charge in [0.15, 0.2) is 0 Å². The molecule has 0 spiro atoms. The van der Waals surface area contributed by atoms with Crippen molar-refractivity contribution in [3.05, 3.63) is 70.8 Å². The number of nitrogens with zero attached hydrogens (tertiary/aromatic N) is 2. The Bertz CT molecular complexity index is 1150. The molecule has 268 valence electrons. The van der Waals surface area contributed by atoms with Gasteiger partial charge in [0.1, 0.15) is 0 Å². The second kappa shape index (κ2) is 27.4. The molecule has 0 N–H and O–H groups in total. The smallest absolute Gasteiger partial charge is 0.0845 e. The summed E-state index contributed by atoms with van der Waals surface area (Å²) in [6.45, 7) is 13.5. The fourth-order valence-electron chi connectivity index (χ4n) is 6.80. The van der Waals surface area contributed by atoms with Crippen LogP contribution >= 0.6 is 0 Å². The monoisotopic (exact) mass is 655 g/mol. The van der Waals surface area contributed by atoms with Crippen molar-refractivity contribution in [3.63, 3.8) is 0 Å². The minimum absolute atomic E-state index is 0.991. The first kappa shape index (κ1) is 41.7. The molecule has 0 saturated heterocycles. The largest absolute Gasteiger partial charge is 0.251 e. The van der Waals surface area contributed by atoms with Gasteiger partial charge >= 0.3 is 0 Å². The number of benzene rings is 2. The highest BCUT2D eigenvalue weighted by atomic mass is 14.8. The van der Waals surface area contributed by atoms with Crippen molar-refractivity contribution >= 4 is 22.8 Å². The number of aryl methyl sites for hydroxylation is 4. The second-order valence-electron chi connectivity index (χ2n) is 14.4. The predicted molar refractivity (Wildman–Crippen MR) is 217 cm³/mol. The van der Waals surface area contributed by atoms with Crippen LogP contribution in [-0.2, 0) is 25.7 Å². The maximum absolute atomic E-state index is 5.27. The molecule has 2 aromatic rings. The Labute approximate surface area is 298 Å². The quantitative estimate of drug-likeness (QED) is 0.0644. The maximum Gasteiger partial charge on any atom is 0.0845 e. The van der Waals surface area contributed by atoms with Crippen molar-refractivity contribution in [1.82, 2.24) is 0 Å². The fourth-order valence-corrected chi connectivity index (χ4v) is 6.80. The van der Waals surface area contributed by atoms with Crippen molar-refractivity contribution in [2.45, 2.75) is 196 Å². The molecule has 0 heterocycles. The highest BCUT2D eigenvalue weighted by Gasteiger charge is 2.07. The molecule has 0 amide bonds. The lowest BCUT2D eigenvalue weighted by Gasteiger charge is -2.10. The summed E-state index contributed by atoms with van der Waals surface area (Å²) in [5.74, 6) is 0. The molecule has 2 rings (SSSR count). The van der Waals surface area contributed by atoms with E-state index in [4.69, 9.17) is 9.98 Å². The molecule has 0 atom stereocenters. The number of allylic oxidation sites excluding steroid dienone is 2. The number of aliphatic imine (C=N–C) groups is 2. The van der Waals surface area contributed by atoms with Crippen LogP contribution in [0.5, 0.6) is 0 Å². The molecule has 0 aliphatic heterocycles. The molecule has 0 aliphatic rings. The molecular weight excluding hydrogens is 581 g/mol. The Morgan fingerprint density at radius 3 is 1.17 bits per heavy atom.